The van der Waals surface area contributed by atoms with Gasteiger partial charge in [-0.1, -0.05) is 6.07 Å². The smallest absolute Gasteiger partial charge is 0.422 e. The zero-order valence-corrected chi connectivity index (χ0v) is 19.6. The van der Waals surface area contributed by atoms with Crippen molar-refractivity contribution in [3.63, 3.8) is 0 Å². The minimum absolute atomic E-state index is 0.266. The van der Waals surface area contributed by atoms with Crippen LogP contribution in [0.25, 0.3) is 6.08 Å². The first-order chi connectivity index (χ1) is 17.1. The van der Waals surface area contributed by atoms with Gasteiger partial charge in [0, 0.05) is 23.0 Å². The SMILES string of the molecule is Nc1cc(N)cc(C(=O)OCCCCCCOc2ccc(/C=C/C(=O)OCC(F)(F)F)cc2CO)c1. The Morgan fingerprint density at radius 2 is 1.58 bits per heavy atom. The topological polar surface area (TPSA) is 134 Å². The molecule has 11 heteroatoms. The summed E-state index contributed by atoms with van der Waals surface area (Å²) in [6.45, 7) is -1.31. The number of nitrogens with two attached hydrogens (primary N) is 2. The number of rotatable bonds is 13. The summed E-state index contributed by atoms with van der Waals surface area (Å²) in [4.78, 5) is 23.4. The Kier molecular flexibility index (Phi) is 11.1. The van der Waals surface area contributed by atoms with Gasteiger partial charge in [0.25, 0.3) is 0 Å². The van der Waals surface area contributed by atoms with Crippen LogP contribution in [0.15, 0.2) is 42.5 Å². The second-order valence-corrected chi connectivity index (χ2v) is 7.87. The molecule has 0 radical (unpaired) electrons. The number of nitrogen functional groups attached to an aromatic ring is 2. The molecule has 0 heterocycles. The van der Waals surface area contributed by atoms with Gasteiger partial charge in [-0.15, -0.1) is 0 Å². The highest BCUT2D eigenvalue weighted by Gasteiger charge is 2.29. The third-order valence-corrected chi connectivity index (χ3v) is 4.79. The minimum Gasteiger partial charge on any atom is -0.493 e. The van der Waals surface area contributed by atoms with Crippen LogP contribution in [-0.4, -0.2) is 43.0 Å². The van der Waals surface area contributed by atoms with Crippen LogP contribution in [0.3, 0.4) is 0 Å². The Balaban J connectivity index is 1.67. The number of hydrogen-bond acceptors (Lipinski definition) is 8. The summed E-state index contributed by atoms with van der Waals surface area (Å²) in [7, 11) is 0. The number of benzene rings is 2. The summed E-state index contributed by atoms with van der Waals surface area (Å²) >= 11 is 0. The summed E-state index contributed by atoms with van der Waals surface area (Å²) in [5.74, 6) is -1.14. The number of carbonyl (C=O) groups excluding carboxylic acids is 2. The number of esters is 2. The van der Waals surface area contributed by atoms with E-state index in [1.807, 2.05) is 0 Å². The highest BCUT2D eigenvalue weighted by molar-refractivity contribution is 5.91. The van der Waals surface area contributed by atoms with E-state index in [-0.39, 0.29) is 13.2 Å². The lowest BCUT2D eigenvalue weighted by Gasteiger charge is -2.11. The zero-order chi connectivity index (χ0) is 26.6. The van der Waals surface area contributed by atoms with Gasteiger partial charge in [0.05, 0.1) is 25.4 Å². The molecule has 36 heavy (non-hydrogen) atoms. The molecule has 0 aliphatic rings. The van der Waals surface area contributed by atoms with Gasteiger partial charge in [0.15, 0.2) is 6.61 Å². The van der Waals surface area contributed by atoms with Crippen LogP contribution >= 0.6 is 0 Å². The summed E-state index contributed by atoms with van der Waals surface area (Å²) < 4.78 is 51.2. The second kappa shape index (κ2) is 14.0. The van der Waals surface area contributed by atoms with E-state index in [4.69, 9.17) is 20.9 Å². The van der Waals surface area contributed by atoms with E-state index >= 15 is 0 Å². The number of carbonyl (C=O) groups is 2. The van der Waals surface area contributed by atoms with Crippen LogP contribution in [0, 0.1) is 0 Å². The van der Waals surface area contributed by atoms with Crippen LogP contribution < -0.4 is 16.2 Å². The highest BCUT2D eigenvalue weighted by Crippen LogP contribution is 2.22. The number of ether oxygens (including phenoxy) is 3. The van der Waals surface area contributed by atoms with Crippen LogP contribution in [0.1, 0.15) is 47.2 Å². The van der Waals surface area contributed by atoms with E-state index in [2.05, 4.69) is 4.74 Å². The predicted octanol–water partition coefficient (Wildman–Crippen LogP) is 4.26. The molecule has 0 aromatic heterocycles. The number of unbranched alkanes of at least 4 members (excludes halogenated alkanes) is 3. The quantitative estimate of drug-likeness (QED) is 0.158. The number of aliphatic hydroxyl groups is 1. The Bertz CT molecular complexity index is 1040. The number of anilines is 2. The molecule has 0 spiro atoms. The Morgan fingerprint density at radius 1 is 0.917 bits per heavy atom. The van der Waals surface area contributed by atoms with Crippen molar-refractivity contribution in [3.05, 3.63) is 59.2 Å². The maximum atomic E-state index is 12.1. The van der Waals surface area contributed by atoms with E-state index in [0.717, 1.165) is 25.3 Å². The molecular formula is C25H29F3N2O6. The standard InChI is InChI=1S/C25H29F3N2O6/c26-25(27,28)16-36-23(32)8-6-17-5-7-22(19(11-17)15-31)34-9-3-1-2-4-10-35-24(33)18-12-20(29)14-21(30)13-18/h5-8,11-14,31H,1-4,9-10,15-16,29-30H2/b8-6+. The molecule has 2 aromatic rings. The summed E-state index contributed by atoms with van der Waals surface area (Å²) in [5.41, 5.74) is 13.4. The third kappa shape index (κ3) is 10.7. The first-order valence-corrected chi connectivity index (χ1v) is 11.2. The van der Waals surface area contributed by atoms with E-state index in [1.165, 1.54) is 18.2 Å². The summed E-state index contributed by atoms with van der Waals surface area (Å²) in [6.07, 6.45) is 0.636. The van der Waals surface area contributed by atoms with Crippen molar-refractivity contribution >= 4 is 29.4 Å². The fraction of sp³-hybridized carbons (Fsp3) is 0.360. The molecular weight excluding hydrogens is 481 g/mol. The first-order valence-electron chi connectivity index (χ1n) is 11.2. The van der Waals surface area contributed by atoms with Crippen molar-refractivity contribution in [2.75, 3.05) is 31.3 Å². The molecule has 0 saturated heterocycles. The molecule has 196 valence electrons. The Morgan fingerprint density at radius 3 is 2.22 bits per heavy atom. The van der Waals surface area contributed by atoms with E-state index in [9.17, 15) is 27.9 Å². The van der Waals surface area contributed by atoms with E-state index in [0.29, 0.717) is 46.8 Å². The first kappa shape index (κ1) is 28.5. The molecule has 2 rings (SSSR count). The summed E-state index contributed by atoms with van der Waals surface area (Å²) in [6, 6.07) is 9.33. The fourth-order valence-corrected chi connectivity index (χ4v) is 3.12. The molecule has 0 unspecified atom stereocenters. The lowest BCUT2D eigenvalue weighted by molar-refractivity contribution is -0.182. The molecule has 0 bridgehead atoms. The van der Waals surface area contributed by atoms with Crippen molar-refractivity contribution in [2.45, 2.75) is 38.5 Å². The molecule has 0 atom stereocenters. The van der Waals surface area contributed by atoms with Gasteiger partial charge in [0.2, 0.25) is 0 Å². The average Bonchev–Trinajstić information content (AvgIpc) is 2.82. The molecule has 0 aliphatic carbocycles. The minimum atomic E-state index is -4.59. The lowest BCUT2D eigenvalue weighted by atomic mass is 10.1. The van der Waals surface area contributed by atoms with Crippen molar-refractivity contribution in [1.82, 2.24) is 0 Å². The largest absolute Gasteiger partial charge is 0.493 e. The molecule has 0 aliphatic heterocycles. The van der Waals surface area contributed by atoms with E-state index < -0.39 is 24.7 Å². The van der Waals surface area contributed by atoms with Crippen LogP contribution in [-0.2, 0) is 20.9 Å². The highest BCUT2D eigenvalue weighted by atomic mass is 19.4. The number of aliphatic hydroxyl groups excluding tert-OH is 1. The maximum absolute atomic E-state index is 12.1. The number of alkyl halides is 3. The van der Waals surface area contributed by atoms with Gasteiger partial charge >= 0.3 is 18.1 Å². The summed E-state index contributed by atoms with van der Waals surface area (Å²) in [5, 5.41) is 9.58. The molecule has 0 saturated carbocycles. The van der Waals surface area contributed by atoms with Crippen LogP contribution in [0.2, 0.25) is 0 Å². The average molecular weight is 511 g/mol. The van der Waals surface area contributed by atoms with Crippen molar-refractivity contribution in [2.24, 2.45) is 0 Å². The Hall–Kier alpha value is -3.73. The molecule has 5 N–H and O–H groups in total. The van der Waals surface area contributed by atoms with Crippen molar-refractivity contribution in [3.8, 4) is 5.75 Å². The molecule has 2 aromatic carbocycles. The van der Waals surface area contributed by atoms with Crippen LogP contribution in [0.5, 0.6) is 5.75 Å². The monoisotopic (exact) mass is 510 g/mol. The second-order valence-electron chi connectivity index (χ2n) is 7.87. The van der Waals surface area contributed by atoms with Gasteiger partial charge in [-0.25, -0.2) is 9.59 Å². The molecule has 8 nitrogen and oxygen atoms in total. The third-order valence-electron chi connectivity index (χ3n) is 4.79. The zero-order valence-electron chi connectivity index (χ0n) is 19.6. The van der Waals surface area contributed by atoms with Crippen molar-refractivity contribution in [1.29, 1.82) is 0 Å². The van der Waals surface area contributed by atoms with E-state index in [1.54, 1.807) is 24.3 Å². The van der Waals surface area contributed by atoms with Crippen LogP contribution in [0.4, 0.5) is 24.5 Å². The van der Waals surface area contributed by atoms with Gasteiger partial charge in [0.1, 0.15) is 5.75 Å². The van der Waals surface area contributed by atoms with Gasteiger partial charge in [-0.2, -0.15) is 13.2 Å². The maximum Gasteiger partial charge on any atom is 0.422 e. The van der Waals surface area contributed by atoms with Crippen molar-refractivity contribution < 1.29 is 42.1 Å². The predicted molar refractivity (Wildman–Crippen MR) is 128 cm³/mol. The fourth-order valence-electron chi connectivity index (χ4n) is 3.12. The number of hydrogen-bond donors (Lipinski definition) is 3. The van der Waals surface area contributed by atoms with Gasteiger partial charge in [-0.05, 0) is 67.7 Å². The Labute approximate surface area is 206 Å². The lowest BCUT2D eigenvalue weighted by Crippen LogP contribution is -2.19. The van der Waals surface area contributed by atoms with Gasteiger partial charge in [-0.3, -0.25) is 0 Å². The number of halogens is 3. The molecule has 0 amide bonds. The molecule has 0 fully saturated rings. The van der Waals surface area contributed by atoms with Gasteiger partial charge < -0.3 is 30.8 Å². The normalized spacial score (nSPS) is 11.4.